The van der Waals surface area contributed by atoms with Gasteiger partial charge in [-0.25, -0.2) is 4.79 Å². The SMILES string of the molecule is CCC(Sc1cccc(NC(=O)Cc2ccccc2)c1)C(=O)Nc1ccc(C(=O)O)cc1. The summed E-state index contributed by atoms with van der Waals surface area (Å²) in [5, 5.41) is 14.4. The third-order valence-corrected chi connectivity index (χ3v) is 6.02. The molecule has 1 unspecified atom stereocenters. The molecular weight excluding hydrogens is 424 g/mol. The molecule has 0 spiro atoms. The fraction of sp³-hybridized carbons (Fsp3) is 0.160. The van der Waals surface area contributed by atoms with E-state index in [9.17, 15) is 14.4 Å². The number of anilines is 2. The number of carbonyl (C=O) groups is 3. The van der Waals surface area contributed by atoms with Crippen molar-refractivity contribution in [1.82, 2.24) is 0 Å². The van der Waals surface area contributed by atoms with E-state index >= 15 is 0 Å². The van der Waals surface area contributed by atoms with Gasteiger partial charge in [-0.1, -0.05) is 43.3 Å². The van der Waals surface area contributed by atoms with Crippen LogP contribution in [0, 0.1) is 0 Å². The van der Waals surface area contributed by atoms with E-state index < -0.39 is 5.97 Å². The minimum Gasteiger partial charge on any atom is -0.478 e. The Morgan fingerprint density at radius 2 is 1.59 bits per heavy atom. The summed E-state index contributed by atoms with van der Waals surface area (Å²) in [6, 6.07) is 23.0. The van der Waals surface area contributed by atoms with Gasteiger partial charge in [-0.15, -0.1) is 11.8 Å². The largest absolute Gasteiger partial charge is 0.478 e. The van der Waals surface area contributed by atoms with E-state index in [0.717, 1.165) is 10.5 Å². The molecule has 0 radical (unpaired) electrons. The zero-order valence-electron chi connectivity index (χ0n) is 17.6. The van der Waals surface area contributed by atoms with Crippen molar-refractivity contribution in [2.75, 3.05) is 10.6 Å². The third-order valence-electron chi connectivity index (χ3n) is 4.67. The Hall–Kier alpha value is -3.58. The van der Waals surface area contributed by atoms with Gasteiger partial charge in [0.25, 0.3) is 0 Å². The van der Waals surface area contributed by atoms with Crippen LogP contribution in [0.15, 0.2) is 83.8 Å². The molecule has 2 amide bonds. The lowest BCUT2D eigenvalue weighted by Crippen LogP contribution is -2.24. The molecule has 0 aliphatic heterocycles. The van der Waals surface area contributed by atoms with E-state index in [1.165, 1.54) is 23.9 Å². The van der Waals surface area contributed by atoms with Gasteiger partial charge in [-0.3, -0.25) is 9.59 Å². The van der Waals surface area contributed by atoms with Crippen LogP contribution in [0.2, 0.25) is 0 Å². The lowest BCUT2D eigenvalue weighted by atomic mass is 10.1. The van der Waals surface area contributed by atoms with E-state index in [-0.39, 0.29) is 22.6 Å². The molecule has 6 nitrogen and oxygen atoms in total. The zero-order valence-corrected chi connectivity index (χ0v) is 18.4. The Balaban J connectivity index is 1.60. The van der Waals surface area contributed by atoms with Crippen molar-refractivity contribution in [2.45, 2.75) is 29.9 Å². The number of carboxylic acids is 1. The molecule has 0 bridgehead atoms. The van der Waals surface area contributed by atoms with Gasteiger partial charge in [0.1, 0.15) is 0 Å². The molecule has 0 aliphatic rings. The highest BCUT2D eigenvalue weighted by Crippen LogP contribution is 2.28. The molecule has 3 aromatic carbocycles. The molecule has 3 rings (SSSR count). The fourth-order valence-electron chi connectivity index (χ4n) is 3.04. The molecule has 0 saturated carbocycles. The predicted octanol–water partition coefficient (Wildman–Crippen LogP) is 5.08. The molecule has 0 aromatic heterocycles. The summed E-state index contributed by atoms with van der Waals surface area (Å²) in [4.78, 5) is 36.9. The Bertz CT molecular complexity index is 1080. The van der Waals surface area contributed by atoms with Crippen LogP contribution in [-0.4, -0.2) is 28.1 Å². The number of nitrogens with one attached hydrogen (secondary N) is 2. The summed E-state index contributed by atoms with van der Waals surface area (Å²) in [5.41, 5.74) is 2.32. The number of amides is 2. The summed E-state index contributed by atoms with van der Waals surface area (Å²) in [6.07, 6.45) is 0.896. The first-order chi connectivity index (χ1) is 15.4. The van der Waals surface area contributed by atoms with Crippen molar-refractivity contribution < 1.29 is 19.5 Å². The average molecular weight is 449 g/mol. The fourth-order valence-corrected chi connectivity index (χ4v) is 4.05. The van der Waals surface area contributed by atoms with Gasteiger partial charge in [0, 0.05) is 16.3 Å². The maximum Gasteiger partial charge on any atom is 0.335 e. The normalized spacial score (nSPS) is 11.4. The molecule has 0 fully saturated rings. The van der Waals surface area contributed by atoms with Crippen LogP contribution in [0.1, 0.15) is 29.3 Å². The summed E-state index contributed by atoms with van der Waals surface area (Å²) in [5.74, 6) is -1.28. The van der Waals surface area contributed by atoms with Gasteiger partial charge in [0.15, 0.2) is 0 Å². The molecule has 1 atom stereocenters. The van der Waals surface area contributed by atoms with E-state index in [2.05, 4.69) is 10.6 Å². The summed E-state index contributed by atoms with van der Waals surface area (Å²) in [7, 11) is 0. The van der Waals surface area contributed by atoms with Gasteiger partial charge in [0.2, 0.25) is 11.8 Å². The van der Waals surface area contributed by atoms with E-state index in [1.54, 1.807) is 12.1 Å². The van der Waals surface area contributed by atoms with E-state index in [4.69, 9.17) is 5.11 Å². The number of hydrogen-bond acceptors (Lipinski definition) is 4. The first kappa shape index (κ1) is 23.1. The Morgan fingerprint density at radius 3 is 2.25 bits per heavy atom. The van der Waals surface area contributed by atoms with Crippen LogP contribution in [0.3, 0.4) is 0 Å². The Labute approximate surface area is 191 Å². The van der Waals surface area contributed by atoms with Crippen molar-refractivity contribution in [1.29, 1.82) is 0 Å². The molecule has 3 aromatic rings. The molecule has 0 saturated heterocycles. The highest BCUT2D eigenvalue weighted by atomic mass is 32.2. The molecule has 7 heteroatoms. The van der Waals surface area contributed by atoms with Gasteiger partial charge < -0.3 is 15.7 Å². The van der Waals surface area contributed by atoms with Crippen molar-refractivity contribution in [3.8, 4) is 0 Å². The average Bonchev–Trinajstić information content (AvgIpc) is 2.78. The molecule has 0 aliphatic carbocycles. The lowest BCUT2D eigenvalue weighted by molar-refractivity contribution is -0.116. The van der Waals surface area contributed by atoms with Crippen LogP contribution in [0.25, 0.3) is 0 Å². The predicted molar refractivity (Wildman–Crippen MR) is 127 cm³/mol. The van der Waals surface area contributed by atoms with Crippen molar-refractivity contribution in [3.63, 3.8) is 0 Å². The van der Waals surface area contributed by atoms with E-state index in [1.807, 2.05) is 61.5 Å². The number of hydrogen-bond donors (Lipinski definition) is 3. The molecule has 0 heterocycles. The van der Waals surface area contributed by atoms with Crippen LogP contribution in [-0.2, 0) is 16.0 Å². The van der Waals surface area contributed by atoms with Crippen LogP contribution in [0.5, 0.6) is 0 Å². The Morgan fingerprint density at radius 1 is 0.875 bits per heavy atom. The molecule has 3 N–H and O–H groups in total. The quantitative estimate of drug-likeness (QED) is 0.397. The van der Waals surface area contributed by atoms with E-state index in [0.29, 0.717) is 24.2 Å². The van der Waals surface area contributed by atoms with Crippen LogP contribution < -0.4 is 10.6 Å². The number of carboxylic acid groups (broad SMARTS) is 1. The maximum atomic E-state index is 12.7. The second kappa shape index (κ2) is 11.2. The molecule has 32 heavy (non-hydrogen) atoms. The second-order valence-corrected chi connectivity index (χ2v) is 8.40. The number of carbonyl (C=O) groups excluding carboxylic acids is 2. The van der Waals surface area contributed by atoms with Crippen molar-refractivity contribution in [2.24, 2.45) is 0 Å². The number of thioether (sulfide) groups is 1. The minimum absolute atomic E-state index is 0.104. The lowest BCUT2D eigenvalue weighted by Gasteiger charge is -2.15. The van der Waals surface area contributed by atoms with Crippen molar-refractivity contribution in [3.05, 3.63) is 90.0 Å². The first-order valence-corrected chi connectivity index (χ1v) is 11.1. The van der Waals surface area contributed by atoms with Gasteiger partial charge >= 0.3 is 5.97 Å². The standard InChI is InChI=1S/C25H24N2O4S/c1-2-22(24(29)27-19-13-11-18(12-14-19)25(30)31)32-21-10-6-9-20(16-21)26-23(28)15-17-7-4-3-5-8-17/h3-14,16,22H,2,15H2,1H3,(H,26,28)(H,27,29)(H,30,31). The first-order valence-electron chi connectivity index (χ1n) is 10.2. The smallest absolute Gasteiger partial charge is 0.335 e. The Kier molecular flexibility index (Phi) is 8.05. The zero-order chi connectivity index (χ0) is 22.9. The summed E-state index contributed by atoms with van der Waals surface area (Å²) < 4.78 is 0. The van der Waals surface area contributed by atoms with Gasteiger partial charge in [-0.2, -0.15) is 0 Å². The van der Waals surface area contributed by atoms with Gasteiger partial charge in [-0.05, 0) is 54.4 Å². The summed E-state index contributed by atoms with van der Waals surface area (Å²) in [6.45, 7) is 1.93. The highest BCUT2D eigenvalue weighted by molar-refractivity contribution is 8.00. The second-order valence-electron chi connectivity index (χ2n) is 7.12. The molecule has 164 valence electrons. The topological polar surface area (TPSA) is 95.5 Å². The van der Waals surface area contributed by atoms with Crippen molar-refractivity contribution >= 4 is 40.9 Å². The summed E-state index contributed by atoms with van der Waals surface area (Å²) >= 11 is 1.41. The number of rotatable bonds is 9. The van der Waals surface area contributed by atoms with Crippen LogP contribution >= 0.6 is 11.8 Å². The minimum atomic E-state index is -1.01. The van der Waals surface area contributed by atoms with Crippen LogP contribution in [0.4, 0.5) is 11.4 Å². The number of aromatic carboxylic acids is 1. The maximum absolute atomic E-state index is 12.7. The number of benzene rings is 3. The molecular formula is C25H24N2O4S. The third kappa shape index (κ3) is 6.72. The monoisotopic (exact) mass is 448 g/mol. The van der Waals surface area contributed by atoms with Gasteiger partial charge in [0.05, 0.1) is 17.2 Å². The highest BCUT2D eigenvalue weighted by Gasteiger charge is 2.18.